The normalized spacial score (nSPS) is 21.8. The Bertz CT molecular complexity index is 657. The maximum atomic E-state index is 4.81. The van der Waals surface area contributed by atoms with Gasteiger partial charge in [-0.1, -0.05) is 40.7 Å². The standard InChI is InChI=1S/C20H31N3/c1-13(2)21-16-10-14(11-16)6-9-19-22-17-8-7-15(20(3,4)5)12-18(17)23-19/h7-8,12-14,16,21H,6,9-11H2,1-5H3,(H,22,23). The van der Waals surface area contributed by atoms with Crippen LogP contribution in [0.5, 0.6) is 0 Å². The van der Waals surface area contributed by atoms with E-state index in [4.69, 9.17) is 4.98 Å². The molecule has 1 aromatic carbocycles. The summed E-state index contributed by atoms with van der Waals surface area (Å²) in [5, 5.41) is 3.63. The summed E-state index contributed by atoms with van der Waals surface area (Å²) in [6.45, 7) is 11.2. The van der Waals surface area contributed by atoms with Crippen molar-refractivity contribution in [2.45, 2.75) is 77.8 Å². The molecule has 0 bridgehead atoms. The largest absolute Gasteiger partial charge is 0.342 e. The fraction of sp³-hybridized carbons (Fsp3) is 0.650. The Hall–Kier alpha value is -1.35. The van der Waals surface area contributed by atoms with Gasteiger partial charge in [0.15, 0.2) is 0 Å². The number of fused-ring (bicyclic) bond motifs is 1. The molecule has 3 nitrogen and oxygen atoms in total. The minimum absolute atomic E-state index is 0.178. The van der Waals surface area contributed by atoms with E-state index in [0.717, 1.165) is 29.7 Å². The maximum Gasteiger partial charge on any atom is 0.107 e. The van der Waals surface area contributed by atoms with Crippen molar-refractivity contribution in [1.29, 1.82) is 0 Å². The van der Waals surface area contributed by atoms with Crippen molar-refractivity contribution >= 4 is 11.0 Å². The zero-order chi connectivity index (χ0) is 16.6. The van der Waals surface area contributed by atoms with Gasteiger partial charge >= 0.3 is 0 Å². The van der Waals surface area contributed by atoms with Crippen LogP contribution in [-0.2, 0) is 11.8 Å². The molecule has 0 saturated heterocycles. The summed E-state index contributed by atoms with van der Waals surface area (Å²) in [5.41, 5.74) is 3.81. The van der Waals surface area contributed by atoms with Crippen molar-refractivity contribution in [1.82, 2.24) is 15.3 Å². The van der Waals surface area contributed by atoms with Crippen LogP contribution in [0.2, 0.25) is 0 Å². The zero-order valence-corrected chi connectivity index (χ0v) is 15.2. The quantitative estimate of drug-likeness (QED) is 0.849. The van der Waals surface area contributed by atoms with Gasteiger partial charge in [0.2, 0.25) is 0 Å². The van der Waals surface area contributed by atoms with E-state index in [2.05, 4.69) is 63.1 Å². The molecule has 1 aromatic heterocycles. The first-order valence-corrected chi connectivity index (χ1v) is 9.06. The smallest absolute Gasteiger partial charge is 0.107 e. The minimum Gasteiger partial charge on any atom is -0.342 e. The lowest BCUT2D eigenvalue weighted by Gasteiger charge is -2.37. The summed E-state index contributed by atoms with van der Waals surface area (Å²) in [7, 11) is 0. The molecule has 2 aromatic rings. The predicted molar refractivity (Wildman–Crippen MR) is 97.9 cm³/mol. The van der Waals surface area contributed by atoms with Crippen molar-refractivity contribution < 1.29 is 0 Å². The monoisotopic (exact) mass is 313 g/mol. The second kappa shape index (κ2) is 6.27. The maximum absolute atomic E-state index is 4.81. The molecular formula is C20H31N3. The topological polar surface area (TPSA) is 40.7 Å². The van der Waals surface area contributed by atoms with Gasteiger partial charge in [-0.2, -0.15) is 0 Å². The Labute approximate surface area is 140 Å². The van der Waals surface area contributed by atoms with Crippen LogP contribution in [0, 0.1) is 5.92 Å². The molecule has 0 atom stereocenters. The summed E-state index contributed by atoms with van der Waals surface area (Å²) in [5.74, 6) is 2.01. The lowest BCUT2D eigenvalue weighted by atomic mass is 9.77. The molecule has 0 spiro atoms. The molecule has 126 valence electrons. The fourth-order valence-corrected chi connectivity index (χ4v) is 3.56. The molecule has 23 heavy (non-hydrogen) atoms. The van der Waals surface area contributed by atoms with Crippen molar-refractivity contribution in [3.63, 3.8) is 0 Å². The van der Waals surface area contributed by atoms with E-state index < -0.39 is 0 Å². The van der Waals surface area contributed by atoms with Gasteiger partial charge in [-0.25, -0.2) is 4.98 Å². The Kier molecular flexibility index (Phi) is 4.50. The number of aromatic nitrogens is 2. The third-order valence-electron chi connectivity index (χ3n) is 4.99. The van der Waals surface area contributed by atoms with E-state index in [1.807, 2.05) is 0 Å². The SMILES string of the molecule is CC(C)NC1CC(CCc2nc3cc(C(C)(C)C)ccc3[nH]2)C1. The summed E-state index contributed by atoms with van der Waals surface area (Å²) < 4.78 is 0. The van der Waals surface area contributed by atoms with Crippen LogP contribution in [0.25, 0.3) is 11.0 Å². The first-order valence-electron chi connectivity index (χ1n) is 9.06. The molecule has 0 amide bonds. The minimum atomic E-state index is 0.178. The Morgan fingerprint density at radius 1 is 1.26 bits per heavy atom. The van der Waals surface area contributed by atoms with Gasteiger partial charge in [-0.15, -0.1) is 0 Å². The van der Waals surface area contributed by atoms with Crippen molar-refractivity contribution in [2.24, 2.45) is 5.92 Å². The van der Waals surface area contributed by atoms with Crippen LogP contribution in [0.3, 0.4) is 0 Å². The molecule has 3 heteroatoms. The molecule has 1 saturated carbocycles. The summed E-state index contributed by atoms with van der Waals surface area (Å²) in [6.07, 6.45) is 4.97. The summed E-state index contributed by atoms with van der Waals surface area (Å²) in [4.78, 5) is 8.31. The lowest BCUT2D eigenvalue weighted by molar-refractivity contribution is 0.200. The highest BCUT2D eigenvalue weighted by atomic mass is 15.0. The molecule has 1 aliphatic rings. The van der Waals surface area contributed by atoms with E-state index in [9.17, 15) is 0 Å². The second-order valence-corrected chi connectivity index (χ2v) is 8.56. The van der Waals surface area contributed by atoms with E-state index >= 15 is 0 Å². The first kappa shape index (κ1) is 16.5. The van der Waals surface area contributed by atoms with Crippen LogP contribution in [0.15, 0.2) is 18.2 Å². The van der Waals surface area contributed by atoms with E-state index in [1.54, 1.807) is 0 Å². The highest BCUT2D eigenvalue weighted by molar-refractivity contribution is 5.76. The third-order valence-corrected chi connectivity index (χ3v) is 4.99. The molecule has 2 N–H and O–H groups in total. The highest BCUT2D eigenvalue weighted by Gasteiger charge is 2.28. The Balaban J connectivity index is 1.57. The second-order valence-electron chi connectivity index (χ2n) is 8.56. The van der Waals surface area contributed by atoms with Crippen molar-refractivity contribution in [3.05, 3.63) is 29.6 Å². The Morgan fingerprint density at radius 2 is 2.00 bits per heavy atom. The molecule has 0 aliphatic heterocycles. The summed E-state index contributed by atoms with van der Waals surface area (Å²) >= 11 is 0. The van der Waals surface area contributed by atoms with Gasteiger partial charge in [-0.05, 0) is 48.3 Å². The van der Waals surface area contributed by atoms with Gasteiger partial charge in [0, 0.05) is 18.5 Å². The molecule has 1 fully saturated rings. The number of hydrogen-bond donors (Lipinski definition) is 2. The van der Waals surface area contributed by atoms with Gasteiger partial charge < -0.3 is 10.3 Å². The molecule has 0 radical (unpaired) electrons. The fourth-order valence-electron chi connectivity index (χ4n) is 3.56. The zero-order valence-electron chi connectivity index (χ0n) is 15.2. The van der Waals surface area contributed by atoms with Crippen molar-refractivity contribution in [2.75, 3.05) is 0 Å². The number of hydrogen-bond acceptors (Lipinski definition) is 2. The molecule has 1 heterocycles. The summed E-state index contributed by atoms with van der Waals surface area (Å²) in [6, 6.07) is 7.98. The molecule has 0 unspecified atom stereocenters. The van der Waals surface area contributed by atoms with E-state index in [1.165, 1.54) is 30.3 Å². The van der Waals surface area contributed by atoms with Crippen LogP contribution >= 0.6 is 0 Å². The average Bonchev–Trinajstić information content (AvgIpc) is 2.81. The van der Waals surface area contributed by atoms with E-state index in [0.29, 0.717) is 6.04 Å². The van der Waals surface area contributed by atoms with Gasteiger partial charge in [0.1, 0.15) is 5.82 Å². The molecule has 3 rings (SSSR count). The average molecular weight is 313 g/mol. The van der Waals surface area contributed by atoms with Crippen molar-refractivity contribution in [3.8, 4) is 0 Å². The van der Waals surface area contributed by atoms with Crippen LogP contribution < -0.4 is 5.32 Å². The van der Waals surface area contributed by atoms with Crippen LogP contribution in [-0.4, -0.2) is 22.1 Å². The lowest BCUT2D eigenvalue weighted by Crippen LogP contribution is -2.44. The first-order chi connectivity index (χ1) is 10.8. The van der Waals surface area contributed by atoms with Gasteiger partial charge in [0.25, 0.3) is 0 Å². The van der Waals surface area contributed by atoms with Crippen LogP contribution in [0.4, 0.5) is 0 Å². The number of rotatable bonds is 5. The number of H-pyrrole nitrogens is 1. The Morgan fingerprint density at radius 3 is 2.65 bits per heavy atom. The molecular weight excluding hydrogens is 282 g/mol. The number of imidazole rings is 1. The number of benzene rings is 1. The number of aryl methyl sites for hydroxylation is 1. The number of nitrogens with zero attached hydrogens (tertiary/aromatic N) is 1. The number of aromatic amines is 1. The van der Waals surface area contributed by atoms with Gasteiger partial charge in [0.05, 0.1) is 11.0 Å². The predicted octanol–water partition coefficient (Wildman–Crippen LogP) is 4.57. The van der Waals surface area contributed by atoms with Gasteiger partial charge in [-0.3, -0.25) is 0 Å². The van der Waals surface area contributed by atoms with E-state index in [-0.39, 0.29) is 5.41 Å². The number of nitrogens with one attached hydrogen (secondary N) is 2. The third kappa shape index (κ3) is 3.95. The van der Waals surface area contributed by atoms with Crippen LogP contribution in [0.1, 0.15) is 65.3 Å². The highest BCUT2D eigenvalue weighted by Crippen LogP contribution is 2.32. The molecule has 1 aliphatic carbocycles.